The molecule has 1 unspecified atom stereocenters. The molecule has 32 heavy (non-hydrogen) atoms. The highest BCUT2D eigenvalue weighted by Gasteiger charge is 2.42. The quantitative estimate of drug-likeness (QED) is 0.509. The number of ether oxygens (including phenoxy) is 1. The third-order valence-corrected chi connectivity index (χ3v) is 6.63. The lowest BCUT2D eigenvalue weighted by molar-refractivity contribution is 0.0412. The van der Waals surface area contributed by atoms with Crippen molar-refractivity contribution in [3.8, 4) is 0 Å². The molecule has 9 nitrogen and oxygen atoms in total. The minimum atomic E-state index is -1.04. The smallest absolute Gasteiger partial charge is 0.413 e. The van der Waals surface area contributed by atoms with Crippen LogP contribution < -0.4 is 10.2 Å². The summed E-state index contributed by atoms with van der Waals surface area (Å²) in [5.41, 5.74) is 0.191. The predicted molar refractivity (Wildman–Crippen MR) is 127 cm³/mol. The minimum absolute atomic E-state index is 0.0599. The van der Waals surface area contributed by atoms with Crippen molar-refractivity contribution in [1.82, 2.24) is 14.6 Å². The summed E-state index contributed by atoms with van der Waals surface area (Å²) in [6.07, 6.45) is 2.17. The summed E-state index contributed by atoms with van der Waals surface area (Å²) >= 11 is 3.48. The van der Waals surface area contributed by atoms with E-state index < -0.39 is 6.09 Å². The Bertz CT molecular complexity index is 936. The average Bonchev–Trinajstić information content (AvgIpc) is 3.09. The van der Waals surface area contributed by atoms with Gasteiger partial charge in [0.15, 0.2) is 5.65 Å². The molecule has 178 valence electrons. The number of fused-ring (bicyclic) bond motifs is 1. The fourth-order valence-corrected chi connectivity index (χ4v) is 4.82. The van der Waals surface area contributed by atoms with Crippen molar-refractivity contribution in [2.45, 2.75) is 59.5 Å². The normalized spacial score (nSPS) is 17.5. The van der Waals surface area contributed by atoms with Crippen molar-refractivity contribution in [1.29, 1.82) is 0 Å². The molecule has 0 aromatic carbocycles. The predicted octanol–water partition coefficient (Wildman–Crippen LogP) is 4.25. The van der Waals surface area contributed by atoms with Crippen molar-refractivity contribution in [2.75, 3.05) is 30.0 Å². The molecule has 1 fully saturated rings. The molecule has 3 heterocycles. The number of aromatic nitrogens is 3. The highest BCUT2D eigenvalue weighted by atomic mass is 79.9. The van der Waals surface area contributed by atoms with Crippen LogP contribution in [0.2, 0.25) is 0 Å². The first-order valence-corrected chi connectivity index (χ1v) is 11.9. The average molecular weight is 512 g/mol. The minimum Gasteiger partial charge on any atom is -0.465 e. The zero-order chi connectivity index (χ0) is 23.6. The number of carbonyl (C=O) groups is 1. The van der Waals surface area contributed by atoms with E-state index in [0.29, 0.717) is 35.0 Å². The Morgan fingerprint density at radius 1 is 1.38 bits per heavy atom. The highest BCUT2D eigenvalue weighted by molar-refractivity contribution is 9.10. The molecule has 0 bridgehead atoms. The lowest BCUT2D eigenvalue weighted by Crippen LogP contribution is -2.53. The molecule has 1 aliphatic heterocycles. The van der Waals surface area contributed by atoms with Crippen LogP contribution in [0.15, 0.2) is 16.7 Å². The monoisotopic (exact) mass is 511 g/mol. The number of nitrogens with one attached hydrogen (secondary N) is 1. The number of aliphatic hydroxyl groups is 1. The molecular weight excluding hydrogens is 478 g/mol. The van der Waals surface area contributed by atoms with Gasteiger partial charge in [0.25, 0.3) is 0 Å². The van der Waals surface area contributed by atoms with Gasteiger partial charge in [-0.2, -0.15) is 9.61 Å². The molecule has 1 aliphatic rings. The molecule has 2 atom stereocenters. The summed E-state index contributed by atoms with van der Waals surface area (Å²) < 4.78 is 7.77. The van der Waals surface area contributed by atoms with E-state index in [4.69, 9.17) is 4.74 Å². The second-order valence-electron chi connectivity index (χ2n) is 9.82. The maximum absolute atomic E-state index is 12.7. The van der Waals surface area contributed by atoms with E-state index in [1.54, 1.807) is 16.8 Å². The van der Waals surface area contributed by atoms with E-state index in [2.05, 4.69) is 52.1 Å². The van der Waals surface area contributed by atoms with E-state index in [9.17, 15) is 15.0 Å². The van der Waals surface area contributed by atoms with E-state index >= 15 is 0 Å². The van der Waals surface area contributed by atoms with Crippen LogP contribution in [0.3, 0.4) is 0 Å². The molecule has 0 radical (unpaired) electrons. The van der Waals surface area contributed by atoms with E-state index in [1.165, 1.54) is 4.90 Å². The van der Waals surface area contributed by atoms with Crippen LogP contribution in [-0.2, 0) is 4.74 Å². The maximum Gasteiger partial charge on any atom is 0.413 e. The maximum atomic E-state index is 12.7. The lowest BCUT2D eigenvalue weighted by atomic mass is 9.75. The number of anilines is 2. The Morgan fingerprint density at radius 3 is 2.56 bits per heavy atom. The van der Waals surface area contributed by atoms with Crippen LogP contribution in [-0.4, -0.2) is 62.8 Å². The molecule has 3 N–H and O–H groups in total. The number of amides is 1. The van der Waals surface area contributed by atoms with Gasteiger partial charge >= 0.3 is 6.09 Å². The Morgan fingerprint density at radius 2 is 2.03 bits per heavy atom. The number of halogens is 1. The van der Waals surface area contributed by atoms with Crippen LogP contribution >= 0.6 is 15.9 Å². The summed E-state index contributed by atoms with van der Waals surface area (Å²) in [4.78, 5) is 18.8. The number of rotatable bonds is 7. The summed E-state index contributed by atoms with van der Waals surface area (Å²) in [5, 5.41) is 27.9. The highest BCUT2D eigenvalue weighted by Crippen LogP contribution is 2.39. The van der Waals surface area contributed by atoms with Crippen molar-refractivity contribution in [3.05, 3.63) is 16.7 Å². The number of aliphatic hydroxyl groups excluding tert-OH is 1. The summed E-state index contributed by atoms with van der Waals surface area (Å²) in [6.45, 7) is 11.4. The molecule has 3 rings (SSSR count). The van der Waals surface area contributed by atoms with Gasteiger partial charge in [0.1, 0.15) is 11.6 Å². The van der Waals surface area contributed by atoms with Gasteiger partial charge in [-0.05, 0) is 46.0 Å². The van der Waals surface area contributed by atoms with Gasteiger partial charge in [0, 0.05) is 25.3 Å². The van der Waals surface area contributed by atoms with Crippen LogP contribution in [0, 0.1) is 17.3 Å². The van der Waals surface area contributed by atoms with Gasteiger partial charge in [-0.1, -0.05) is 34.6 Å². The zero-order valence-corrected chi connectivity index (χ0v) is 21.0. The molecule has 0 aliphatic carbocycles. The van der Waals surface area contributed by atoms with Gasteiger partial charge in [-0.3, -0.25) is 4.90 Å². The van der Waals surface area contributed by atoms with Crippen molar-refractivity contribution in [3.63, 3.8) is 0 Å². The Labute approximate surface area is 197 Å². The van der Waals surface area contributed by atoms with Gasteiger partial charge in [-0.15, -0.1) is 0 Å². The largest absolute Gasteiger partial charge is 0.465 e. The fraction of sp³-hybridized carbons (Fsp3) is 0.682. The van der Waals surface area contributed by atoms with E-state index in [-0.39, 0.29) is 35.9 Å². The van der Waals surface area contributed by atoms with Gasteiger partial charge in [-0.25, -0.2) is 9.78 Å². The van der Waals surface area contributed by atoms with Crippen LogP contribution in [0.1, 0.15) is 47.5 Å². The first-order chi connectivity index (χ1) is 15.0. The molecule has 0 saturated carbocycles. The van der Waals surface area contributed by atoms with Crippen molar-refractivity contribution >= 4 is 39.3 Å². The number of hydrogen-bond donors (Lipinski definition) is 3. The SMILES string of the molecule is CC(C)C(CO)Nc1cc(N(C(=O)O)[C@@H](C2CCOCC2)C(C)(C)C)n2ncc(Br)c2n1. The molecule has 2 aromatic heterocycles. The summed E-state index contributed by atoms with van der Waals surface area (Å²) in [6, 6.07) is 1.21. The molecule has 10 heteroatoms. The number of hydrogen-bond acceptors (Lipinski definition) is 6. The molecule has 1 saturated heterocycles. The Kier molecular flexibility index (Phi) is 7.67. The number of nitrogens with zero attached hydrogens (tertiary/aromatic N) is 4. The lowest BCUT2D eigenvalue weighted by Gasteiger charge is -2.44. The Hall–Kier alpha value is -1.91. The van der Waals surface area contributed by atoms with Gasteiger partial charge in [0.05, 0.1) is 23.3 Å². The van der Waals surface area contributed by atoms with Crippen molar-refractivity contribution in [2.24, 2.45) is 17.3 Å². The molecular formula is C22H34BrN5O4. The second-order valence-corrected chi connectivity index (χ2v) is 10.7. The summed E-state index contributed by atoms with van der Waals surface area (Å²) in [7, 11) is 0. The molecule has 1 amide bonds. The fourth-order valence-electron chi connectivity index (χ4n) is 4.48. The summed E-state index contributed by atoms with van der Waals surface area (Å²) in [5.74, 6) is 1.23. The van der Waals surface area contributed by atoms with Gasteiger partial charge < -0.3 is 20.3 Å². The van der Waals surface area contributed by atoms with Crippen molar-refractivity contribution < 1.29 is 19.7 Å². The second kappa shape index (κ2) is 9.93. The topological polar surface area (TPSA) is 112 Å². The van der Waals surface area contributed by atoms with E-state index in [1.807, 2.05) is 13.8 Å². The third-order valence-electron chi connectivity index (χ3n) is 6.08. The molecule has 2 aromatic rings. The zero-order valence-electron chi connectivity index (χ0n) is 19.4. The van der Waals surface area contributed by atoms with Gasteiger partial charge in [0.2, 0.25) is 0 Å². The standard InChI is InChI=1S/C22H34BrN5O4/c1-13(2)16(12-29)25-17-10-18(28-20(26-17)15(23)11-24-28)27(21(30)31)19(22(3,4)5)14-6-8-32-9-7-14/h10-11,13-14,16,19,29H,6-9,12H2,1-5H3,(H,25,26)(H,30,31)/t16?,19-/m0/s1. The first kappa shape index (κ1) is 24.7. The Balaban J connectivity index is 2.16. The van der Waals surface area contributed by atoms with E-state index in [0.717, 1.165) is 12.8 Å². The third kappa shape index (κ3) is 5.18. The van der Waals surface area contributed by atoms with Crippen LogP contribution in [0.25, 0.3) is 5.65 Å². The van der Waals surface area contributed by atoms with Crippen LogP contribution in [0.4, 0.5) is 16.4 Å². The molecule has 0 spiro atoms. The number of carboxylic acid groups (broad SMARTS) is 1. The first-order valence-electron chi connectivity index (χ1n) is 11.1. The van der Waals surface area contributed by atoms with Crippen LogP contribution in [0.5, 0.6) is 0 Å².